The maximum Gasteiger partial charge on any atom is 0.174 e. The number of hydrogen-bond acceptors (Lipinski definition) is 3. The molecule has 3 saturated carbocycles. The van der Waals surface area contributed by atoms with Gasteiger partial charge in [0, 0.05) is 17.3 Å². The Bertz CT molecular complexity index is 602. The van der Waals surface area contributed by atoms with E-state index in [9.17, 15) is 5.11 Å². The van der Waals surface area contributed by atoms with Crippen molar-refractivity contribution in [3.63, 3.8) is 0 Å². The van der Waals surface area contributed by atoms with Crippen molar-refractivity contribution in [2.75, 3.05) is 13.2 Å². The highest BCUT2D eigenvalue weighted by molar-refractivity contribution is 5.33. The van der Waals surface area contributed by atoms with Gasteiger partial charge in [-0.1, -0.05) is 37.6 Å². The zero-order chi connectivity index (χ0) is 16.6. The molecule has 24 heavy (non-hydrogen) atoms. The van der Waals surface area contributed by atoms with E-state index in [-0.39, 0.29) is 22.7 Å². The smallest absolute Gasteiger partial charge is 0.174 e. The minimum absolute atomic E-state index is 0.149. The van der Waals surface area contributed by atoms with Crippen molar-refractivity contribution in [1.82, 2.24) is 0 Å². The Morgan fingerprint density at radius 2 is 1.79 bits per heavy atom. The van der Waals surface area contributed by atoms with Crippen LogP contribution >= 0.6 is 0 Å². The second-order valence-corrected chi connectivity index (χ2v) is 9.18. The lowest BCUT2D eigenvalue weighted by molar-refractivity contribution is -0.241. The molecule has 6 atom stereocenters. The van der Waals surface area contributed by atoms with Crippen molar-refractivity contribution < 1.29 is 14.6 Å². The third-order valence-electron chi connectivity index (χ3n) is 8.46. The lowest BCUT2D eigenvalue weighted by Crippen LogP contribution is -2.54. The summed E-state index contributed by atoms with van der Waals surface area (Å²) in [5.41, 5.74) is 1.81. The van der Waals surface area contributed by atoms with Gasteiger partial charge in [-0.15, -0.1) is 0 Å². The van der Waals surface area contributed by atoms with Gasteiger partial charge in [-0.3, -0.25) is 0 Å². The van der Waals surface area contributed by atoms with Crippen molar-refractivity contribution in [1.29, 1.82) is 0 Å². The van der Waals surface area contributed by atoms with Crippen molar-refractivity contribution in [3.05, 3.63) is 23.8 Å². The lowest BCUT2D eigenvalue weighted by Gasteiger charge is -2.58. The van der Waals surface area contributed by atoms with Crippen molar-refractivity contribution in [3.8, 4) is 0 Å². The van der Waals surface area contributed by atoms with E-state index in [0.29, 0.717) is 11.8 Å². The SMILES string of the molecule is C[C@]12C=CC(O)C=C1CCC1C2CC[C@@]2(C)C1CCC21OCCO1. The van der Waals surface area contributed by atoms with E-state index < -0.39 is 0 Å². The van der Waals surface area contributed by atoms with Crippen LogP contribution in [0.15, 0.2) is 23.8 Å². The molecule has 3 nitrogen and oxygen atoms in total. The van der Waals surface area contributed by atoms with Crippen molar-refractivity contribution in [2.24, 2.45) is 28.6 Å². The summed E-state index contributed by atoms with van der Waals surface area (Å²) in [6, 6.07) is 0. The Labute approximate surface area is 145 Å². The molecular formula is C21H30O3. The van der Waals surface area contributed by atoms with Crippen LogP contribution in [0.1, 0.15) is 52.4 Å². The van der Waals surface area contributed by atoms with Crippen molar-refractivity contribution in [2.45, 2.75) is 64.3 Å². The first-order chi connectivity index (χ1) is 11.5. The highest BCUT2D eigenvalue weighted by Gasteiger charge is 2.66. The molecule has 1 heterocycles. The average Bonchev–Trinajstić information content (AvgIpc) is 3.15. The van der Waals surface area contributed by atoms with E-state index in [4.69, 9.17) is 9.47 Å². The lowest BCUT2D eigenvalue weighted by atomic mass is 9.48. The van der Waals surface area contributed by atoms with Crippen LogP contribution in [0.2, 0.25) is 0 Å². The summed E-state index contributed by atoms with van der Waals surface area (Å²) in [4.78, 5) is 0. The number of ether oxygens (including phenoxy) is 2. The summed E-state index contributed by atoms with van der Waals surface area (Å²) in [5.74, 6) is 1.89. The molecule has 1 N–H and O–H groups in total. The first kappa shape index (κ1) is 15.6. The maximum absolute atomic E-state index is 9.99. The first-order valence-corrected chi connectivity index (χ1v) is 9.85. The third-order valence-corrected chi connectivity index (χ3v) is 8.46. The minimum atomic E-state index is -0.381. The highest BCUT2D eigenvalue weighted by Crippen LogP contribution is 2.68. The Kier molecular flexibility index (Phi) is 3.22. The number of allylic oxidation sites excluding steroid dienone is 2. The monoisotopic (exact) mass is 330 g/mol. The summed E-state index contributed by atoms with van der Waals surface area (Å²) in [5, 5.41) is 9.99. The van der Waals surface area contributed by atoms with Gasteiger partial charge in [0.25, 0.3) is 0 Å². The van der Waals surface area contributed by atoms with E-state index in [2.05, 4.69) is 26.0 Å². The average molecular weight is 330 g/mol. The standard InChI is InChI=1S/C21H30O3/c1-19-8-5-15(22)13-14(19)3-4-16-17(19)6-9-20(2)18(16)7-10-21(20)23-11-12-24-21/h5,8,13,15-18,22H,3-4,6-7,9-12H2,1-2H3/t15?,16?,17?,18?,19-,20-/m0/s1. The molecule has 5 rings (SSSR count). The number of fused-ring (bicyclic) bond motifs is 6. The molecule has 0 aromatic rings. The van der Waals surface area contributed by atoms with Crippen LogP contribution in [0.3, 0.4) is 0 Å². The van der Waals surface area contributed by atoms with E-state index in [1.807, 2.05) is 6.08 Å². The Balaban J connectivity index is 1.50. The van der Waals surface area contributed by atoms with Crippen LogP contribution < -0.4 is 0 Å². The largest absolute Gasteiger partial charge is 0.385 e. The van der Waals surface area contributed by atoms with Gasteiger partial charge in [-0.25, -0.2) is 0 Å². The van der Waals surface area contributed by atoms with Crippen LogP contribution in [-0.2, 0) is 9.47 Å². The van der Waals surface area contributed by atoms with Gasteiger partial charge < -0.3 is 14.6 Å². The number of aliphatic hydroxyl groups is 1. The second-order valence-electron chi connectivity index (χ2n) is 9.18. The molecule has 1 aliphatic heterocycles. The molecule has 4 fully saturated rings. The molecule has 5 aliphatic rings. The van der Waals surface area contributed by atoms with Gasteiger partial charge in [0.05, 0.1) is 19.3 Å². The Hall–Kier alpha value is -0.640. The topological polar surface area (TPSA) is 38.7 Å². The van der Waals surface area contributed by atoms with Crippen LogP contribution in [0.5, 0.6) is 0 Å². The van der Waals surface area contributed by atoms with E-state index >= 15 is 0 Å². The zero-order valence-corrected chi connectivity index (χ0v) is 15.0. The summed E-state index contributed by atoms with van der Waals surface area (Å²) < 4.78 is 12.4. The van der Waals surface area contributed by atoms with E-state index in [1.165, 1.54) is 31.3 Å². The molecule has 3 heteroatoms. The van der Waals surface area contributed by atoms with Gasteiger partial charge in [0.15, 0.2) is 5.79 Å². The molecule has 4 aliphatic carbocycles. The number of hydrogen-bond donors (Lipinski definition) is 1. The van der Waals surface area contributed by atoms with E-state index in [1.54, 1.807) is 0 Å². The van der Waals surface area contributed by atoms with Gasteiger partial charge in [0.2, 0.25) is 0 Å². The predicted octanol–water partition coefficient (Wildman–Crippen LogP) is 3.83. The Morgan fingerprint density at radius 3 is 2.58 bits per heavy atom. The third kappa shape index (κ3) is 1.79. The molecular weight excluding hydrogens is 300 g/mol. The fourth-order valence-corrected chi connectivity index (χ4v) is 7.20. The molecule has 1 saturated heterocycles. The van der Waals surface area contributed by atoms with Gasteiger partial charge >= 0.3 is 0 Å². The molecule has 0 amide bonds. The van der Waals surface area contributed by atoms with Crippen LogP contribution in [-0.4, -0.2) is 30.2 Å². The molecule has 0 aromatic carbocycles. The second kappa shape index (κ2) is 4.96. The summed E-state index contributed by atoms with van der Waals surface area (Å²) in [6.07, 6.45) is 13.2. The summed E-state index contributed by atoms with van der Waals surface area (Å²) in [6.45, 7) is 6.39. The number of aliphatic hydroxyl groups excluding tert-OH is 1. The van der Waals surface area contributed by atoms with Crippen LogP contribution in [0, 0.1) is 28.6 Å². The minimum Gasteiger partial charge on any atom is -0.385 e. The summed E-state index contributed by atoms with van der Waals surface area (Å²) >= 11 is 0. The molecule has 0 aromatic heterocycles. The van der Waals surface area contributed by atoms with Crippen LogP contribution in [0.25, 0.3) is 0 Å². The molecule has 132 valence electrons. The van der Waals surface area contributed by atoms with Gasteiger partial charge in [-0.2, -0.15) is 0 Å². The predicted molar refractivity (Wildman–Crippen MR) is 92.3 cm³/mol. The van der Waals surface area contributed by atoms with Gasteiger partial charge in [0.1, 0.15) is 0 Å². The first-order valence-electron chi connectivity index (χ1n) is 9.85. The Morgan fingerprint density at radius 1 is 1.04 bits per heavy atom. The molecule has 4 unspecified atom stereocenters. The van der Waals surface area contributed by atoms with E-state index in [0.717, 1.165) is 32.0 Å². The normalized spacial score (nSPS) is 51.9. The molecule has 1 spiro atoms. The molecule has 0 radical (unpaired) electrons. The highest BCUT2D eigenvalue weighted by atomic mass is 16.7. The van der Waals surface area contributed by atoms with Crippen molar-refractivity contribution >= 4 is 0 Å². The maximum atomic E-state index is 9.99. The van der Waals surface area contributed by atoms with Gasteiger partial charge in [-0.05, 0) is 49.9 Å². The zero-order valence-electron chi connectivity index (χ0n) is 15.0. The van der Waals surface area contributed by atoms with Crippen LogP contribution in [0.4, 0.5) is 0 Å². The fourth-order valence-electron chi connectivity index (χ4n) is 7.20. The fraction of sp³-hybridized carbons (Fsp3) is 0.810. The number of rotatable bonds is 0. The summed E-state index contributed by atoms with van der Waals surface area (Å²) in [7, 11) is 0. The molecule has 0 bridgehead atoms. The quantitative estimate of drug-likeness (QED) is 0.686.